The van der Waals surface area contributed by atoms with Gasteiger partial charge in [0.15, 0.2) is 6.10 Å². The van der Waals surface area contributed by atoms with Crippen LogP contribution >= 0.6 is 0 Å². The first-order chi connectivity index (χ1) is 13.8. The lowest BCUT2D eigenvalue weighted by molar-refractivity contribution is -0.157. The van der Waals surface area contributed by atoms with Gasteiger partial charge in [0, 0.05) is 18.7 Å². The second-order valence-corrected chi connectivity index (χ2v) is 6.89. The van der Waals surface area contributed by atoms with Crippen LogP contribution in [0.5, 0.6) is 0 Å². The Morgan fingerprint density at radius 3 is 2.59 bits per heavy atom. The molecular formula is C21H20F2N2O4. The monoisotopic (exact) mass is 402 g/mol. The largest absolute Gasteiger partial charge is 0.452 e. The summed E-state index contributed by atoms with van der Waals surface area (Å²) in [6, 6.07) is 10.0. The zero-order chi connectivity index (χ0) is 21.1. The average Bonchev–Trinajstić information content (AvgIpc) is 3.06. The number of halogens is 2. The number of nitrogens with zero attached hydrogens (tertiary/aromatic N) is 1. The van der Waals surface area contributed by atoms with Crippen LogP contribution in [0.4, 0.5) is 20.2 Å². The first-order valence-corrected chi connectivity index (χ1v) is 9.08. The van der Waals surface area contributed by atoms with Gasteiger partial charge in [-0.05, 0) is 43.7 Å². The fourth-order valence-electron chi connectivity index (χ4n) is 3.01. The van der Waals surface area contributed by atoms with Gasteiger partial charge in [0.1, 0.15) is 11.6 Å². The van der Waals surface area contributed by atoms with Crippen molar-refractivity contribution < 1.29 is 27.9 Å². The summed E-state index contributed by atoms with van der Waals surface area (Å²) in [5, 5.41) is 2.47. The highest BCUT2D eigenvalue weighted by Gasteiger charge is 2.38. The first kappa shape index (κ1) is 20.4. The third-order valence-electron chi connectivity index (χ3n) is 4.70. The summed E-state index contributed by atoms with van der Waals surface area (Å²) >= 11 is 0. The number of amides is 2. The fraction of sp³-hybridized carbons (Fsp3) is 0.286. The summed E-state index contributed by atoms with van der Waals surface area (Å²) < 4.78 is 32.7. The van der Waals surface area contributed by atoms with E-state index in [1.54, 1.807) is 13.0 Å². The van der Waals surface area contributed by atoms with Gasteiger partial charge in [-0.3, -0.25) is 14.4 Å². The minimum Gasteiger partial charge on any atom is -0.452 e. The number of carbonyl (C=O) groups excluding carboxylic acids is 3. The minimum absolute atomic E-state index is 0.0316. The molecule has 0 aromatic heterocycles. The van der Waals surface area contributed by atoms with Crippen molar-refractivity contribution in [2.45, 2.75) is 26.4 Å². The normalized spacial score (nSPS) is 17.2. The second kappa shape index (κ2) is 8.38. The molecular weight excluding hydrogens is 382 g/mol. The van der Waals surface area contributed by atoms with Crippen LogP contribution in [0.3, 0.4) is 0 Å². The van der Waals surface area contributed by atoms with Crippen molar-refractivity contribution in [1.29, 1.82) is 0 Å². The maximum atomic E-state index is 13.9. The van der Waals surface area contributed by atoms with Crippen molar-refractivity contribution in [3.05, 3.63) is 59.7 Å². The predicted molar refractivity (Wildman–Crippen MR) is 102 cm³/mol. The van der Waals surface area contributed by atoms with Gasteiger partial charge in [-0.25, -0.2) is 8.78 Å². The van der Waals surface area contributed by atoms with Gasteiger partial charge in [-0.15, -0.1) is 0 Å². The van der Waals surface area contributed by atoms with E-state index in [4.69, 9.17) is 4.74 Å². The number of para-hydroxylation sites is 1. The SMILES string of the molecule is Cc1ccc(NC(=O)[C@H](C)OC(=O)[C@@H]2CC(=O)N(c3ccccc3F)C2)cc1F. The molecule has 2 atom stereocenters. The Morgan fingerprint density at radius 1 is 1.17 bits per heavy atom. The molecule has 0 saturated carbocycles. The Labute approximate surface area is 166 Å². The Hall–Kier alpha value is -3.29. The number of nitrogens with one attached hydrogen (secondary N) is 1. The molecule has 8 heteroatoms. The van der Waals surface area contributed by atoms with Gasteiger partial charge in [0.2, 0.25) is 5.91 Å². The third-order valence-corrected chi connectivity index (χ3v) is 4.70. The molecule has 3 rings (SSSR count). The van der Waals surface area contributed by atoms with Crippen LogP contribution < -0.4 is 10.2 Å². The van der Waals surface area contributed by atoms with Crippen molar-refractivity contribution >= 4 is 29.2 Å². The number of benzene rings is 2. The van der Waals surface area contributed by atoms with Crippen molar-refractivity contribution in [2.75, 3.05) is 16.8 Å². The van der Waals surface area contributed by atoms with E-state index in [1.807, 2.05) is 0 Å². The summed E-state index contributed by atoms with van der Waals surface area (Å²) in [6.45, 7) is 2.94. The maximum Gasteiger partial charge on any atom is 0.312 e. The van der Waals surface area contributed by atoms with Crippen LogP contribution in [0, 0.1) is 24.5 Å². The molecule has 0 unspecified atom stereocenters. The lowest BCUT2D eigenvalue weighted by Gasteiger charge is -2.18. The zero-order valence-corrected chi connectivity index (χ0v) is 15.9. The number of aryl methyl sites for hydroxylation is 1. The van der Waals surface area contributed by atoms with Crippen LogP contribution in [0.1, 0.15) is 18.9 Å². The average molecular weight is 402 g/mol. The Bertz CT molecular complexity index is 963. The molecule has 152 valence electrons. The lowest BCUT2D eigenvalue weighted by atomic mass is 10.1. The molecule has 6 nitrogen and oxygen atoms in total. The highest BCUT2D eigenvalue weighted by Crippen LogP contribution is 2.28. The van der Waals surface area contributed by atoms with Gasteiger partial charge >= 0.3 is 5.97 Å². The van der Waals surface area contributed by atoms with Crippen LogP contribution in [0.25, 0.3) is 0 Å². The molecule has 0 radical (unpaired) electrons. The van der Waals surface area contributed by atoms with E-state index in [9.17, 15) is 23.2 Å². The number of hydrogen-bond donors (Lipinski definition) is 1. The molecule has 0 aliphatic carbocycles. The maximum absolute atomic E-state index is 13.9. The minimum atomic E-state index is -1.15. The molecule has 1 N–H and O–H groups in total. The van der Waals surface area contributed by atoms with Gasteiger partial charge < -0.3 is 15.0 Å². The van der Waals surface area contributed by atoms with E-state index in [1.165, 1.54) is 48.2 Å². The first-order valence-electron chi connectivity index (χ1n) is 9.08. The van der Waals surface area contributed by atoms with Crippen LogP contribution in [0.2, 0.25) is 0 Å². The van der Waals surface area contributed by atoms with Crippen molar-refractivity contribution in [3.8, 4) is 0 Å². The van der Waals surface area contributed by atoms with E-state index in [-0.39, 0.29) is 24.3 Å². The second-order valence-electron chi connectivity index (χ2n) is 6.89. The molecule has 0 spiro atoms. The molecule has 29 heavy (non-hydrogen) atoms. The Morgan fingerprint density at radius 2 is 1.90 bits per heavy atom. The summed E-state index contributed by atoms with van der Waals surface area (Å²) in [5.74, 6) is -3.59. The molecule has 1 aliphatic rings. The van der Waals surface area contributed by atoms with Gasteiger partial charge in [0.05, 0.1) is 11.6 Å². The van der Waals surface area contributed by atoms with E-state index in [0.29, 0.717) is 5.56 Å². The van der Waals surface area contributed by atoms with Gasteiger partial charge in [-0.1, -0.05) is 18.2 Å². The summed E-state index contributed by atoms with van der Waals surface area (Å²) in [6.07, 6.45) is -1.28. The highest BCUT2D eigenvalue weighted by molar-refractivity contribution is 6.00. The molecule has 1 aliphatic heterocycles. The highest BCUT2D eigenvalue weighted by atomic mass is 19.1. The number of anilines is 2. The van der Waals surface area contributed by atoms with Crippen LogP contribution in [-0.2, 0) is 19.1 Å². The number of carbonyl (C=O) groups is 3. The molecule has 2 aromatic carbocycles. The van der Waals surface area contributed by atoms with E-state index < -0.39 is 41.4 Å². The third kappa shape index (κ3) is 4.59. The molecule has 2 aromatic rings. The fourth-order valence-corrected chi connectivity index (χ4v) is 3.01. The molecule has 2 amide bonds. The number of rotatable bonds is 5. The number of ether oxygens (including phenoxy) is 1. The number of esters is 1. The molecule has 0 bridgehead atoms. The van der Waals surface area contributed by atoms with Crippen molar-refractivity contribution in [1.82, 2.24) is 0 Å². The lowest BCUT2D eigenvalue weighted by Crippen LogP contribution is -2.33. The summed E-state index contributed by atoms with van der Waals surface area (Å²) in [4.78, 5) is 38.0. The topological polar surface area (TPSA) is 75.7 Å². The summed E-state index contributed by atoms with van der Waals surface area (Å²) in [5.41, 5.74) is 0.774. The van der Waals surface area contributed by atoms with E-state index in [2.05, 4.69) is 5.32 Å². The van der Waals surface area contributed by atoms with Gasteiger partial charge in [0.25, 0.3) is 5.91 Å². The summed E-state index contributed by atoms with van der Waals surface area (Å²) in [7, 11) is 0. The molecule has 1 fully saturated rings. The van der Waals surface area contributed by atoms with E-state index >= 15 is 0 Å². The van der Waals surface area contributed by atoms with Crippen LogP contribution in [0.15, 0.2) is 42.5 Å². The predicted octanol–water partition coefficient (Wildman–Crippen LogP) is 3.20. The van der Waals surface area contributed by atoms with Crippen molar-refractivity contribution in [2.24, 2.45) is 5.92 Å². The molecule has 1 saturated heterocycles. The molecule has 1 heterocycles. The Balaban J connectivity index is 1.59. The number of hydrogen-bond acceptors (Lipinski definition) is 4. The quantitative estimate of drug-likeness (QED) is 0.780. The van der Waals surface area contributed by atoms with Crippen LogP contribution in [-0.4, -0.2) is 30.4 Å². The van der Waals surface area contributed by atoms with Gasteiger partial charge in [-0.2, -0.15) is 0 Å². The smallest absolute Gasteiger partial charge is 0.312 e. The standard InChI is InChI=1S/C21H20F2N2O4/c1-12-7-8-15(10-17(12)23)24-20(27)13(2)29-21(28)14-9-19(26)25(11-14)18-6-4-3-5-16(18)22/h3-8,10,13-14H,9,11H2,1-2H3,(H,24,27)/t13-,14+/m0/s1. The van der Waals surface area contributed by atoms with E-state index in [0.717, 1.165) is 0 Å². The zero-order valence-electron chi connectivity index (χ0n) is 15.9. The van der Waals surface area contributed by atoms with Crippen molar-refractivity contribution in [3.63, 3.8) is 0 Å². The Kier molecular flexibility index (Phi) is 5.91.